The molecule has 0 spiro atoms. The number of nitrogens with one attached hydrogen (secondary N) is 1. The van der Waals surface area contributed by atoms with Gasteiger partial charge in [0.1, 0.15) is 0 Å². The first-order chi connectivity index (χ1) is 15.3. The molecular weight excluding hydrogens is 402 g/mol. The maximum Gasteiger partial charge on any atom is 0.277 e. The third-order valence-electron chi connectivity index (χ3n) is 5.40. The number of fused-ring (bicyclic) bond motifs is 1. The number of nitro benzene ring substituents is 1. The van der Waals surface area contributed by atoms with E-state index in [0.717, 1.165) is 10.9 Å². The Morgan fingerprint density at radius 3 is 2.44 bits per heavy atom. The Morgan fingerprint density at radius 2 is 1.69 bits per heavy atom. The van der Waals surface area contributed by atoms with Gasteiger partial charge in [0, 0.05) is 28.8 Å². The summed E-state index contributed by atoms with van der Waals surface area (Å²) in [7, 11) is 0. The van der Waals surface area contributed by atoms with Gasteiger partial charge in [0.25, 0.3) is 11.6 Å². The van der Waals surface area contributed by atoms with E-state index in [1.807, 2.05) is 36.4 Å². The second-order valence-electron chi connectivity index (χ2n) is 8.62. The van der Waals surface area contributed by atoms with E-state index in [1.54, 1.807) is 36.5 Å². The molecular formula is C26H23N3O3. The second kappa shape index (κ2) is 8.23. The van der Waals surface area contributed by atoms with Gasteiger partial charge in [-0.25, -0.2) is 0 Å². The smallest absolute Gasteiger partial charge is 0.277 e. The lowest BCUT2D eigenvalue weighted by Crippen LogP contribution is -2.16. The number of benzene rings is 3. The molecule has 0 radical (unpaired) electrons. The van der Waals surface area contributed by atoms with Crippen LogP contribution in [0.3, 0.4) is 0 Å². The van der Waals surface area contributed by atoms with Gasteiger partial charge < -0.3 is 5.32 Å². The summed E-state index contributed by atoms with van der Waals surface area (Å²) in [6.07, 6.45) is 1.68. The molecule has 0 unspecified atom stereocenters. The molecule has 0 saturated heterocycles. The largest absolute Gasteiger partial charge is 0.320 e. The number of hydrogen-bond donors (Lipinski definition) is 1. The first-order valence-corrected chi connectivity index (χ1v) is 10.3. The fraction of sp³-hybridized carbons (Fsp3) is 0.154. The molecule has 0 atom stereocenters. The van der Waals surface area contributed by atoms with Crippen molar-refractivity contribution in [2.45, 2.75) is 26.2 Å². The minimum Gasteiger partial charge on any atom is -0.320 e. The zero-order valence-electron chi connectivity index (χ0n) is 18.1. The molecule has 6 nitrogen and oxygen atoms in total. The summed E-state index contributed by atoms with van der Waals surface area (Å²) in [5.74, 6) is -0.350. The first kappa shape index (κ1) is 21.2. The minimum absolute atomic E-state index is 0.0422. The Bertz CT molecular complexity index is 1330. The molecule has 32 heavy (non-hydrogen) atoms. The molecule has 0 aliphatic rings. The summed E-state index contributed by atoms with van der Waals surface area (Å²) in [5.41, 5.74) is 3.31. The molecule has 3 aromatic carbocycles. The van der Waals surface area contributed by atoms with E-state index in [0.29, 0.717) is 27.9 Å². The number of nitro groups is 1. The van der Waals surface area contributed by atoms with Gasteiger partial charge in [-0.2, -0.15) is 0 Å². The highest BCUT2D eigenvalue weighted by molar-refractivity contribution is 6.12. The van der Waals surface area contributed by atoms with Gasteiger partial charge in [-0.1, -0.05) is 57.2 Å². The van der Waals surface area contributed by atoms with Crippen molar-refractivity contribution < 1.29 is 9.72 Å². The summed E-state index contributed by atoms with van der Waals surface area (Å²) in [6, 6.07) is 21.3. The molecule has 0 bridgehead atoms. The summed E-state index contributed by atoms with van der Waals surface area (Å²) in [4.78, 5) is 29.0. The lowest BCUT2D eigenvalue weighted by Gasteiger charge is -2.21. The van der Waals surface area contributed by atoms with E-state index in [-0.39, 0.29) is 17.0 Å². The van der Waals surface area contributed by atoms with Crippen LogP contribution >= 0.6 is 0 Å². The molecule has 160 valence electrons. The van der Waals surface area contributed by atoms with Crippen LogP contribution in [0.1, 0.15) is 36.7 Å². The molecule has 0 fully saturated rings. The SMILES string of the molecule is CC(C)(C)c1ccc(C(=O)Nc2cccc3cccnc23)c(-c2ccccc2[N+](=O)[O-])c1. The number of rotatable bonds is 4. The molecule has 1 aromatic heterocycles. The van der Waals surface area contributed by atoms with Crippen LogP contribution < -0.4 is 5.32 Å². The number of anilines is 1. The van der Waals surface area contributed by atoms with Gasteiger partial charge in [-0.05, 0) is 41.3 Å². The average Bonchev–Trinajstić information content (AvgIpc) is 2.78. The highest BCUT2D eigenvalue weighted by Crippen LogP contribution is 2.36. The number of pyridine rings is 1. The van der Waals surface area contributed by atoms with Crippen LogP contribution in [0.5, 0.6) is 0 Å². The summed E-state index contributed by atoms with van der Waals surface area (Å²) in [5, 5.41) is 15.5. The monoisotopic (exact) mass is 425 g/mol. The maximum atomic E-state index is 13.4. The molecule has 1 heterocycles. The molecule has 4 rings (SSSR count). The first-order valence-electron chi connectivity index (χ1n) is 10.3. The highest BCUT2D eigenvalue weighted by Gasteiger charge is 2.24. The Labute approximate surface area is 186 Å². The Hall–Kier alpha value is -4.06. The Morgan fingerprint density at radius 1 is 0.938 bits per heavy atom. The highest BCUT2D eigenvalue weighted by atomic mass is 16.6. The van der Waals surface area contributed by atoms with E-state index < -0.39 is 4.92 Å². The van der Waals surface area contributed by atoms with Crippen LogP contribution in [-0.2, 0) is 5.41 Å². The summed E-state index contributed by atoms with van der Waals surface area (Å²) >= 11 is 0. The number of hydrogen-bond acceptors (Lipinski definition) is 4. The summed E-state index contributed by atoms with van der Waals surface area (Å²) < 4.78 is 0. The number of nitrogens with zero attached hydrogens (tertiary/aromatic N) is 2. The fourth-order valence-corrected chi connectivity index (χ4v) is 3.69. The average molecular weight is 425 g/mol. The third-order valence-corrected chi connectivity index (χ3v) is 5.40. The van der Waals surface area contributed by atoms with E-state index >= 15 is 0 Å². The van der Waals surface area contributed by atoms with Gasteiger partial charge in [0.2, 0.25) is 0 Å². The molecule has 0 saturated carbocycles. The summed E-state index contributed by atoms with van der Waals surface area (Å²) in [6.45, 7) is 6.19. The lowest BCUT2D eigenvalue weighted by molar-refractivity contribution is -0.384. The number of aromatic nitrogens is 1. The van der Waals surface area contributed by atoms with Crippen molar-refractivity contribution >= 4 is 28.2 Å². The van der Waals surface area contributed by atoms with Crippen LogP contribution in [0, 0.1) is 10.1 Å². The van der Waals surface area contributed by atoms with Crippen LogP contribution in [0.4, 0.5) is 11.4 Å². The van der Waals surface area contributed by atoms with Gasteiger partial charge in [0.05, 0.1) is 21.7 Å². The van der Waals surface area contributed by atoms with Crippen molar-refractivity contribution in [1.82, 2.24) is 4.98 Å². The van der Waals surface area contributed by atoms with Gasteiger partial charge in [-0.15, -0.1) is 0 Å². The van der Waals surface area contributed by atoms with E-state index in [2.05, 4.69) is 31.1 Å². The van der Waals surface area contributed by atoms with Crippen molar-refractivity contribution in [2.24, 2.45) is 0 Å². The predicted molar refractivity (Wildman–Crippen MR) is 127 cm³/mol. The van der Waals surface area contributed by atoms with Crippen LogP contribution in [-0.4, -0.2) is 15.8 Å². The van der Waals surface area contributed by atoms with Crippen molar-refractivity contribution in [2.75, 3.05) is 5.32 Å². The van der Waals surface area contributed by atoms with Crippen molar-refractivity contribution in [3.8, 4) is 11.1 Å². The lowest BCUT2D eigenvalue weighted by atomic mass is 9.83. The van der Waals surface area contributed by atoms with Gasteiger partial charge in [-0.3, -0.25) is 19.9 Å². The zero-order valence-corrected chi connectivity index (χ0v) is 18.1. The van der Waals surface area contributed by atoms with Gasteiger partial charge >= 0.3 is 0 Å². The fourth-order valence-electron chi connectivity index (χ4n) is 3.69. The normalized spacial score (nSPS) is 11.3. The zero-order chi connectivity index (χ0) is 22.9. The Kier molecular flexibility index (Phi) is 5.45. The molecule has 1 N–H and O–H groups in total. The van der Waals surface area contributed by atoms with E-state index in [9.17, 15) is 14.9 Å². The number of carbonyl (C=O) groups excluding carboxylic acids is 1. The van der Waals surface area contributed by atoms with E-state index in [1.165, 1.54) is 6.07 Å². The predicted octanol–water partition coefficient (Wildman–Crippen LogP) is 6.36. The Balaban J connectivity index is 1.85. The van der Waals surface area contributed by atoms with Crippen LogP contribution in [0.2, 0.25) is 0 Å². The van der Waals surface area contributed by atoms with Gasteiger partial charge in [0.15, 0.2) is 0 Å². The number of para-hydroxylation sites is 2. The standard InChI is InChI=1S/C26H23N3O3/c1-26(2,3)18-13-14-20(21(16-18)19-10-4-5-12-23(19)29(31)32)25(30)28-22-11-6-8-17-9-7-15-27-24(17)22/h4-16H,1-3H3,(H,28,30). The molecule has 0 aliphatic carbocycles. The molecule has 6 heteroatoms. The second-order valence-corrected chi connectivity index (χ2v) is 8.62. The van der Waals surface area contributed by atoms with Crippen molar-refractivity contribution in [3.05, 3.63) is 100 Å². The molecule has 1 amide bonds. The van der Waals surface area contributed by atoms with E-state index in [4.69, 9.17) is 0 Å². The van der Waals surface area contributed by atoms with Crippen molar-refractivity contribution in [1.29, 1.82) is 0 Å². The quantitative estimate of drug-likeness (QED) is 0.304. The molecule has 0 aliphatic heterocycles. The van der Waals surface area contributed by atoms with Crippen molar-refractivity contribution in [3.63, 3.8) is 0 Å². The third kappa shape index (κ3) is 4.07. The minimum atomic E-state index is -0.421. The number of amides is 1. The number of carbonyl (C=O) groups is 1. The van der Waals surface area contributed by atoms with Crippen LogP contribution in [0.25, 0.3) is 22.0 Å². The van der Waals surface area contributed by atoms with Crippen LogP contribution in [0.15, 0.2) is 79.0 Å². The maximum absolute atomic E-state index is 13.4. The molecule has 4 aromatic rings. The topological polar surface area (TPSA) is 85.1 Å².